The first-order valence-electron chi connectivity index (χ1n) is 9.91. The quantitative estimate of drug-likeness (QED) is 0.692. The number of nitriles is 1. The molecule has 2 amide bonds. The lowest BCUT2D eigenvalue weighted by atomic mass is 9.91. The maximum atomic E-state index is 13.5. The van der Waals surface area contributed by atoms with E-state index in [9.17, 15) is 14.9 Å². The fraction of sp³-hybridized carbons (Fsp3) is 0.130. The number of fused-ring (bicyclic) bond motifs is 2. The van der Waals surface area contributed by atoms with Crippen molar-refractivity contribution in [3.8, 4) is 11.9 Å². The Kier molecular flexibility index (Phi) is 4.41. The Labute approximate surface area is 183 Å². The highest BCUT2D eigenvalue weighted by atomic mass is 16.2. The number of amidine groups is 1. The highest BCUT2D eigenvalue weighted by molar-refractivity contribution is 6.12. The van der Waals surface area contributed by atoms with Crippen molar-refractivity contribution in [3.63, 3.8) is 0 Å². The van der Waals surface area contributed by atoms with Crippen LogP contribution in [0.15, 0.2) is 72.0 Å². The minimum absolute atomic E-state index is 0.106. The van der Waals surface area contributed by atoms with E-state index in [0.717, 1.165) is 10.9 Å². The van der Waals surface area contributed by atoms with Gasteiger partial charge in [-0.05, 0) is 37.3 Å². The molecule has 0 spiro atoms. The predicted octanol–water partition coefficient (Wildman–Crippen LogP) is 2.70. The molecule has 5 rings (SSSR count). The van der Waals surface area contributed by atoms with Crippen molar-refractivity contribution in [2.24, 2.45) is 4.99 Å². The van der Waals surface area contributed by atoms with E-state index in [4.69, 9.17) is 0 Å². The van der Waals surface area contributed by atoms with Crippen LogP contribution in [0.4, 0.5) is 5.82 Å². The third kappa shape index (κ3) is 3.06. The van der Waals surface area contributed by atoms with Crippen molar-refractivity contribution in [2.45, 2.75) is 18.9 Å². The Morgan fingerprint density at radius 1 is 1.22 bits per heavy atom. The van der Waals surface area contributed by atoms with Crippen LogP contribution in [0.5, 0.6) is 0 Å². The second-order valence-electron chi connectivity index (χ2n) is 7.63. The first-order valence-corrected chi connectivity index (χ1v) is 9.91. The summed E-state index contributed by atoms with van der Waals surface area (Å²) < 4.78 is 1.41. The number of nitrogens with one attached hydrogen (secondary N) is 1. The summed E-state index contributed by atoms with van der Waals surface area (Å²) in [6, 6.07) is 13.3. The fourth-order valence-electron chi connectivity index (χ4n) is 3.82. The molecule has 1 unspecified atom stereocenters. The third-order valence-electron chi connectivity index (χ3n) is 5.52. The molecule has 9 heteroatoms. The van der Waals surface area contributed by atoms with Gasteiger partial charge in [-0.2, -0.15) is 20.0 Å². The van der Waals surface area contributed by atoms with E-state index in [1.165, 1.54) is 10.9 Å². The minimum Gasteiger partial charge on any atom is -0.317 e. The molecule has 2 aliphatic heterocycles. The molecule has 0 bridgehead atoms. The highest BCUT2D eigenvalue weighted by Gasteiger charge is 2.45. The molecule has 9 nitrogen and oxygen atoms in total. The molecule has 32 heavy (non-hydrogen) atoms. The molecule has 4 heterocycles. The number of carbonyl (C=O) groups excluding carboxylic acids is 2. The van der Waals surface area contributed by atoms with Crippen LogP contribution in [0.1, 0.15) is 18.9 Å². The van der Waals surface area contributed by atoms with Gasteiger partial charge in [0.1, 0.15) is 23.0 Å². The molecular formula is C23H17N7O2. The SMILES string of the molecule is CC1(C(=O)Nc2c(C#N)cnn2-c2ccc3ccccc3n2)CC(=O)N=C2C=CC=CN21. The minimum atomic E-state index is -1.23. The molecule has 156 valence electrons. The van der Waals surface area contributed by atoms with Crippen molar-refractivity contribution in [2.75, 3.05) is 5.32 Å². The largest absolute Gasteiger partial charge is 0.317 e. The molecular weight excluding hydrogens is 406 g/mol. The molecule has 0 radical (unpaired) electrons. The van der Waals surface area contributed by atoms with Crippen LogP contribution in [0, 0.1) is 11.3 Å². The number of rotatable bonds is 3. The molecule has 2 aromatic heterocycles. The van der Waals surface area contributed by atoms with E-state index < -0.39 is 11.4 Å². The molecule has 1 aromatic carbocycles. The maximum Gasteiger partial charge on any atom is 0.252 e. The summed E-state index contributed by atoms with van der Waals surface area (Å²) in [4.78, 5) is 36.0. The van der Waals surface area contributed by atoms with E-state index in [0.29, 0.717) is 11.7 Å². The van der Waals surface area contributed by atoms with E-state index in [1.54, 1.807) is 42.3 Å². The Balaban J connectivity index is 1.54. The molecule has 0 aliphatic carbocycles. The monoisotopic (exact) mass is 423 g/mol. The summed E-state index contributed by atoms with van der Waals surface area (Å²) in [6.07, 6.45) is 8.16. The predicted molar refractivity (Wildman–Crippen MR) is 118 cm³/mol. The van der Waals surface area contributed by atoms with Crippen LogP contribution >= 0.6 is 0 Å². The van der Waals surface area contributed by atoms with Crippen molar-refractivity contribution < 1.29 is 9.59 Å². The summed E-state index contributed by atoms with van der Waals surface area (Å²) in [5, 5.41) is 17.6. The van der Waals surface area contributed by atoms with Crippen molar-refractivity contribution in [1.29, 1.82) is 5.26 Å². The van der Waals surface area contributed by atoms with E-state index in [2.05, 4.69) is 26.5 Å². The Bertz CT molecular complexity index is 1410. The zero-order valence-electron chi connectivity index (χ0n) is 17.1. The average molecular weight is 423 g/mol. The number of pyridine rings is 1. The number of aromatic nitrogens is 3. The van der Waals surface area contributed by atoms with Gasteiger partial charge in [-0.3, -0.25) is 9.59 Å². The average Bonchev–Trinajstić information content (AvgIpc) is 3.21. The Morgan fingerprint density at radius 2 is 2.06 bits per heavy atom. The van der Waals surface area contributed by atoms with E-state index in [1.807, 2.05) is 30.3 Å². The van der Waals surface area contributed by atoms with Crippen molar-refractivity contribution in [3.05, 3.63) is 72.6 Å². The molecule has 0 fully saturated rings. The van der Waals surface area contributed by atoms with Crippen molar-refractivity contribution in [1.82, 2.24) is 19.7 Å². The number of hydrogen-bond donors (Lipinski definition) is 1. The topological polar surface area (TPSA) is 116 Å². The van der Waals surface area contributed by atoms with Gasteiger partial charge in [0.25, 0.3) is 11.8 Å². The van der Waals surface area contributed by atoms with Crippen LogP contribution in [-0.4, -0.2) is 42.9 Å². The van der Waals surface area contributed by atoms with Crippen molar-refractivity contribution >= 4 is 34.4 Å². The van der Waals surface area contributed by atoms with Gasteiger partial charge in [-0.1, -0.05) is 24.3 Å². The van der Waals surface area contributed by atoms with Crippen LogP contribution in [0.2, 0.25) is 0 Å². The molecule has 2 aliphatic rings. The van der Waals surface area contributed by atoms with Crippen LogP contribution < -0.4 is 5.32 Å². The lowest BCUT2D eigenvalue weighted by molar-refractivity contribution is -0.130. The van der Waals surface area contributed by atoms with Gasteiger partial charge in [0.2, 0.25) is 0 Å². The number of hydrogen-bond acceptors (Lipinski definition) is 6. The van der Waals surface area contributed by atoms with Gasteiger partial charge in [-0.25, -0.2) is 4.98 Å². The summed E-state index contributed by atoms with van der Waals surface area (Å²) in [6.45, 7) is 1.67. The van der Waals surface area contributed by atoms with Crippen LogP contribution in [-0.2, 0) is 9.59 Å². The number of para-hydroxylation sites is 1. The van der Waals surface area contributed by atoms with Gasteiger partial charge in [-0.15, -0.1) is 0 Å². The smallest absolute Gasteiger partial charge is 0.252 e. The Morgan fingerprint density at radius 3 is 2.91 bits per heavy atom. The summed E-state index contributed by atoms with van der Waals surface area (Å²) in [7, 11) is 0. The lowest BCUT2D eigenvalue weighted by Crippen LogP contribution is -2.58. The lowest BCUT2D eigenvalue weighted by Gasteiger charge is -2.41. The van der Waals surface area contributed by atoms with Gasteiger partial charge < -0.3 is 10.2 Å². The standard InChI is InChI=1S/C23H17N7O2/c1-23(12-20(31)27-18-8-4-5-11-29(18)23)22(32)28-21-16(13-24)14-25-30(21)19-10-9-15-6-2-3-7-17(15)26-19/h2-11,14H,12H2,1H3,(H,28,32). The van der Waals surface area contributed by atoms with Gasteiger partial charge in [0.05, 0.1) is 18.1 Å². The van der Waals surface area contributed by atoms with E-state index in [-0.39, 0.29) is 23.7 Å². The molecule has 0 saturated carbocycles. The number of aliphatic imine (C=N–C) groups is 1. The number of allylic oxidation sites excluding steroid dienone is 2. The van der Waals surface area contributed by atoms with Gasteiger partial charge >= 0.3 is 0 Å². The van der Waals surface area contributed by atoms with Crippen LogP contribution in [0.3, 0.4) is 0 Å². The molecule has 3 aromatic rings. The fourth-order valence-corrected chi connectivity index (χ4v) is 3.82. The van der Waals surface area contributed by atoms with Gasteiger partial charge in [0.15, 0.2) is 11.6 Å². The first kappa shape index (κ1) is 19.4. The van der Waals surface area contributed by atoms with Crippen LogP contribution in [0.25, 0.3) is 16.7 Å². The molecule has 1 atom stereocenters. The zero-order valence-corrected chi connectivity index (χ0v) is 17.1. The normalized spacial score (nSPS) is 19.4. The summed E-state index contributed by atoms with van der Waals surface area (Å²) in [5.41, 5.74) is -0.289. The number of anilines is 1. The molecule has 0 saturated heterocycles. The Hall–Kier alpha value is -4.58. The zero-order chi connectivity index (χ0) is 22.3. The highest BCUT2D eigenvalue weighted by Crippen LogP contribution is 2.30. The summed E-state index contributed by atoms with van der Waals surface area (Å²) >= 11 is 0. The third-order valence-corrected chi connectivity index (χ3v) is 5.52. The number of benzene rings is 1. The summed E-state index contributed by atoms with van der Waals surface area (Å²) in [5.74, 6) is 0.186. The number of amides is 2. The number of carbonyl (C=O) groups is 2. The maximum absolute atomic E-state index is 13.5. The second kappa shape index (κ2) is 7.28. The van der Waals surface area contributed by atoms with E-state index >= 15 is 0 Å². The van der Waals surface area contributed by atoms with Gasteiger partial charge in [0, 0.05) is 11.6 Å². The first-order chi connectivity index (χ1) is 15.5. The number of nitrogens with zero attached hydrogens (tertiary/aromatic N) is 6. The second-order valence-corrected chi connectivity index (χ2v) is 7.63. The molecule has 1 N–H and O–H groups in total.